The largest absolute Gasteiger partial charge is 0.432 e. The molecule has 2 aliphatic heterocycles. The Labute approximate surface area is 173 Å². The Bertz CT molecular complexity index is 1170. The lowest BCUT2D eigenvalue weighted by Crippen LogP contribution is -2.38. The maximum absolute atomic E-state index is 13.3. The summed E-state index contributed by atoms with van der Waals surface area (Å²) in [6.07, 6.45) is -0.0712. The number of pyridine rings is 1. The summed E-state index contributed by atoms with van der Waals surface area (Å²) >= 11 is 0. The molecule has 0 fully saturated rings. The van der Waals surface area contributed by atoms with E-state index in [2.05, 4.69) is 15.6 Å². The summed E-state index contributed by atoms with van der Waals surface area (Å²) in [7, 11) is 0. The number of nitrogens with one attached hydrogen (secondary N) is 2. The lowest BCUT2D eigenvalue weighted by molar-refractivity contribution is 0.0761. The molecular weight excluding hydrogens is 384 g/mol. The quantitative estimate of drug-likeness (QED) is 0.608. The molecule has 3 N–H and O–H groups in total. The van der Waals surface area contributed by atoms with Crippen molar-refractivity contribution in [3.8, 4) is 0 Å². The van der Waals surface area contributed by atoms with Crippen molar-refractivity contribution in [3.63, 3.8) is 0 Å². The van der Waals surface area contributed by atoms with Crippen LogP contribution in [0.25, 0.3) is 5.52 Å². The predicted octanol–water partition coefficient (Wildman–Crippen LogP) is 1.94. The van der Waals surface area contributed by atoms with Gasteiger partial charge in [0.25, 0.3) is 5.91 Å². The molecule has 3 aromatic heterocycles. The number of aliphatic hydroxyl groups excluding tert-OH is 1. The Morgan fingerprint density at radius 3 is 2.93 bits per heavy atom. The Hall–Kier alpha value is -3.17. The van der Waals surface area contributed by atoms with E-state index >= 15 is 0 Å². The molecule has 1 amide bonds. The molecular formula is C21H24N6O3. The van der Waals surface area contributed by atoms with Gasteiger partial charge in [-0.25, -0.2) is 9.50 Å². The first-order valence-electron chi connectivity index (χ1n) is 10.1. The van der Waals surface area contributed by atoms with Crippen molar-refractivity contribution in [1.82, 2.24) is 30.1 Å². The van der Waals surface area contributed by atoms with E-state index in [9.17, 15) is 9.90 Å². The van der Waals surface area contributed by atoms with Gasteiger partial charge in [-0.1, -0.05) is 6.07 Å². The standard InChI is InChI=1S/C21H24N6O3/c1-11-5-4-6-14-9-16(25-27(11)14)17-18-15(7-8-22-17)23-10-26(18)21(29)19-12(2)24-20(30-19)13(3)28/h4-6,9,13,17,22-23,28H,7-8,10H2,1-3H3. The summed E-state index contributed by atoms with van der Waals surface area (Å²) in [4.78, 5) is 19.2. The monoisotopic (exact) mass is 408 g/mol. The minimum atomic E-state index is -0.873. The second-order valence-corrected chi connectivity index (χ2v) is 7.78. The average molecular weight is 408 g/mol. The van der Waals surface area contributed by atoms with E-state index in [0.717, 1.165) is 41.3 Å². The van der Waals surface area contributed by atoms with Crippen LogP contribution in [-0.4, -0.2) is 43.7 Å². The third-order valence-corrected chi connectivity index (χ3v) is 5.65. The molecule has 0 saturated heterocycles. The number of aromatic nitrogens is 3. The molecule has 0 bridgehead atoms. The highest BCUT2D eigenvalue weighted by atomic mass is 16.4. The van der Waals surface area contributed by atoms with E-state index in [4.69, 9.17) is 9.52 Å². The van der Waals surface area contributed by atoms with Crippen LogP contribution in [0.15, 0.2) is 40.1 Å². The molecule has 0 spiro atoms. The van der Waals surface area contributed by atoms with Gasteiger partial charge in [-0.2, -0.15) is 5.10 Å². The molecule has 9 nitrogen and oxygen atoms in total. The first-order chi connectivity index (χ1) is 14.4. The van der Waals surface area contributed by atoms with Crippen LogP contribution in [0.5, 0.6) is 0 Å². The van der Waals surface area contributed by atoms with Gasteiger partial charge < -0.3 is 20.2 Å². The van der Waals surface area contributed by atoms with E-state index in [1.165, 1.54) is 0 Å². The molecule has 2 aliphatic rings. The minimum absolute atomic E-state index is 0.145. The number of carbonyl (C=O) groups excluding carboxylic acids is 1. The van der Waals surface area contributed by atoms with Crippen LogP contribution in [0.2, 0.25) is 0 Å². The Morgan fingerprint density at radius 2 is 2.20 bits per heavy atom. The summed E-state index contributed by atoms with van der Waals surface area (Å²) < 4.78 is 7.50. The van der Waals surface area contributed by atoms with Crippen molar-refractivity contribution < 1.29 is 14.3 Å². The minimum Gasteiger partial charge on any atom is -0.432 e. The van der Waals surface area contributed by atoms with Crippen molar-refractivity contribution in [3.05, 3.63) is 64.4 Å². The lowest BCUT2D eigenvalue weighted by Gasteiger charge is -2.28. The van der Waals surface area contributed by atoms with Crippen LogP contribution in [0.3, 0.4) is 0 Å². The molecule has 0 saturated carbocycles. The van der Waals surface area contributed by atoms with Crippen LogP contribution in [-0.2, 0) is 0 Å². The number of aliphatic hydroxyl groups is 1. The number of fused-ring (bicyclic) bond motifs is 1. The number of rotatable bonds is 3. The van der Waals surface area contributed by atoms with Crippen molar-refractivity contribution >= 4 is 11.4 Å². The van der Waals surface area contributed by atoms with Crippen LogP contribution in [0.1, 0.15) is 59.0 Å². The fourth-order valence-electron chi connectivity index (χ4n) is 4.15. The number of hydrogen-bond acceptors (Lipinski definition) is 7. The second kappa shape index (κ2) is 6.96. The molecule has 0 radical (unpaired) electrons. The second-order valence-electron chi connectivity index (χ2n) is 7.78. The van der Waals surface area contributed by atoms with Crippen LogP contribution >= 0.6 is 0 Å². The molecule has 30 heavy (non-hydrogen) atoms. The Morgan fingerprint density at radius 1 is 1.37 bits per heavy atom. The lowest BCUT2D eigenvalue weighted by atomic mass is 10.0. The zero-order valence-corrected chi connectivity index (χ0v) is 17.1. The predicted molar refractivity (Wildman–Crippen MR) is 108 cm³/mol. The van der Waals surface area contributed by atoms with Crippen molar-refractivity contribution in [1.29, 1.82) is 0 Å². The molecule has 5 rings (SSSR count). The SMILES string of the molecule is Cc1nc(C(C)O)oc1C(=O)N1CNC2=C1C(c1cc3cccc(C)n3n1)NCC2. The molecule has 9 heteroatoms. The van der Waals surface area contributed by atoms with E-state index in [-0.39, 0.29) is 23.6 Å². The van der Waals surface area contributed by atoms with Crippen LogP contribution in [0, 0.1) is 13.8 Å². The summed E-state index contributed by atoms with van der Waals surface area (Å²) in [5, 5.41) is 21.4. The maximum Gasteiger partial charge on any atom is 0.297 e. The van der Waals surface area contributed by atoms with Crippen molar-refractivity contribution in [2.45, 2.75) is 39.3 Å². The fourth-order valence-corrected chi connectivity index (χ4v) is 4.15. The topological polar surface area (TPSA) is 108 Å². The van der Waals surface area contributed by atoms with Gasteiger partial charge >= 0.3 is 0 Å². The molecule has 156 valence electrons. The number of oxazole rings is 1. The van der Waals surface area contributed by atoms with Gasteiger partial charge in [0, 0.05) is 24.4 Å². The molecule has 3 aromatic rings. The third-order valence-electron chi connectivity index (χ3n) is 5.65. The van der Waals surface area contributed by atoms with E-state index in [1.54, 1.807) is 18.7 Å². The number of nitrogens with zero attached hydrogens (tertiary/aromatic N) is 4. The zero-order valence-electron chi connectivity index (χ0n) is 17.1. The number of aryl methyl sites for hydroxylation is 2. The molecule has 2 atom stereocenters. The van der Waals surface area contributed by atoms with Gasteiger partial charge in [0.2, 0.25) is 11.7 Å². The van der Waals surface area contributed by atoms with Crippen molar-refractivity contribution in [2.24, 2.45) is 0 Å². The summed E-state index contributed by atoms with van der Waals surface area (Å²) in [6.45, 7) is 6.44. The van der Waals surface area contributed by atoms with Crippen LogP contribution < -0.4 is 10.6 Å². The summed E-state index contributed by atoms with van der Waals surface area (Å²) in [5.74, 6) is 0.0148. The highest BCUT2D eigenvalue weighted by molar-refractivity contribution is 5.94. The zero-order chi connectivity index (χ0) is 21.0. The highest BCUT2D eigenvalue weighted by Gasteiger charge is 2.39. The van der Waals surface area contributed by atoms with Crippen LogP contribution in [0.4, 0.5) is 0 Å². The third kappa shape index (κ3) is 2.89. The van der Waals surface area contributed by atoms with Crippen molar-refractivity contribution in [2.75, 3.05) is 13.2 Å². The van der Waals surface area contributed by atoms with E-state index in [1.807, 2.05) is 35.7 Å². The van der Waals surface area contributed by atoms with Gasteiger partial charge in [0.05, 0.1) is 35.3 Å². The maximum atomic E-state index is 13.3. The van der Waals surface area contributed by atoms with Gasteiger partial charge in [0.1, 0.15) is 6.10 Å². The fraction of sp³-hybridized carbons (Fsp3) is 0.381. The molecule has 0 aliphatic carbocycles. The number of amides is 1. The smallest absolute Gasteiger partial charge is 0.297 e. The molecule has 2 unspecified atom stereocenters. The summed E-state index contributed by atoms with van der Waals surface area (Å²) in [5.41, 5.74) is 5.28. The average Bonchev–Trinajstić information content (AvgIpc) is 3.43. The van der Waals surface area contributed by atoms with Gasteiger partial charge in [-0.15, -0.1) is 0 Å². The van der Waals surface area contributed by atoms with Gasteiger partial charge in [-0.05, 0) is 39.0 Å². The molecule has 5 heterocycles. The van der Waals surface area contributed by atoms with Gasteiger partial charge in [-0.3, -0.25) is 9.69 Å². The highest BCUT2D eigenvalue weighted by Crippen LogP contribution is 2.35. The Balaban J connectivity index is 1.53. The van der Waals surface area contributed by atoms with E-state index in [0.29, 0.717) is 12.4 Å². The normalized spacial score (nSPS) is 19.9. The number of hydrogen-bond donors (Lipinski definition) is 3. The summed E-state index contributed by atoms with van der Waals surface area (Å²) in [6, 6.07) is 7.88. The van der Waals surface area contributed by atoms with Gasteiger partial charge in [0.15, 0.2) is 0 Å². The first kappa shape index (κ1) is 18.8. The number of carbonyl (C=O) groups is 1. The Kier molecular flexibility index (Phi) is 4.37. The van der Waals surface area contributed by atoms with E-state index < -0.39 is 6.10 Å². The molecule has 0 aromatic carbocycles. The first-order valence-corrected chi connectivity index (χ1v) is 10.1.